The summed E-state index contributed by atoms with van der Waals surface area (Å²) in [6, 6.07) is 37.5. The van der Waals surface area contributed by atoms with E-state index in [1.54, 1.807) is 6.20 Å². The van der Waals surface area contributed by atoms with Crippen molar-refractivity contribution in [3.05, 3.63) is 126 Å². The first-order valence-electron chi connectivity index (χ1n) is 12.2. The summed E-state index contributed by atoms with van der Waals surface area (Å²) in [6.07, 6.45) is 1.79. The normalized spacial score (nSPS) is 12.2. The van der Waals surface area contributed by atoms with Gasteiger partial charge in [-0.1, -0.05) is 93.2 Å². The second-order valence-electron chi connectivity index (χ2n) is 9.55. The van der Waals surface area contributed by atoms with E-state index in [0.717, 1.165) is 10.5 Å². The van der Waals surface area contributed by atoms with Crippen molar-refractivity contribution >= 4 is 40.8 Å². The van der Waals surface area contributed by atoms with Crippen LogP contribution in [-0.4, -0.2) is 10.9 Å². The molecule has 0 saturated heterocycles. The van der Waals surface area contributed by atoms with Gasteiger partial charge in [-0.2, -0.15) is 0 Å². The highest BCUT2D eigenvalue weighted by atomic mass is 35.7. The van der Waals surface area contributed by atoms with Gasteiger partial charge in [0.15, 0.2) is 12.7 Å². The molecule has 7 nitrogen and oxygen atoms in total. The minimum atomic E-state index is -4.94. The minimum absolute atomic E-state index is 0.0162. The zero-order valence-corrected chi connectivity index (χ0v) is 24.7. The number of aromatic nitrogens is 1. The van der Waals surface area contributed by atoms with E-state index in [0.29, 0.717) is 0 Å². The van der Waals surface area contributed by atoms with E-state index < -0.39 is 22.9 Å². The van der Waals surface area contributed by atoms with Crippen molar-refractivity contribution in [1.82, 2.24) is 10.3 Å². The number of hydrogen-bond donors (Lipinski definition) is 1. The third-order valence-electron chi connectivity index (χ3n) is 5.64. The first-order valence-corrected chi connectivity index (χ1v) is 16.1. The molecule has 40 heavy (non-hydrogen) atoms. The topological polar surface area (TPSA) is 134 Å². The summed E-state index contributed by atoms with van der Waals surface area (Å²) < 4.78 is 34.0. The van der Waals surface area contributed by atoms with E-state index in [2.05, 4.69) is 88.5 Å². The van der Waals surface area contributed by atoms with Crippen LogP contribution < -0.4 is 39.9 Å². The third kappa shape index (κ3) is 8.71. The first-order chi connectivity index (χ1) is 18.9. The molecule has 10 heteroatoms. The molecule has 0 fully saturated rings. The molecule has 1 N–H and O–H groups in total. The fourth-order valence-electron chi connectivity index (χ4n) is 3.85. The van der Waals surface area contributed by atoms with Crippen LogP contribution in [0.15, 0.2) is 131 Å². The van der Waals surface area contributed by atoms with E-state index >= 15 is 0 Å². The number of rotatable bonds is 7. The smallest absolute Gasteiger partial charge is 0.232 e. The van der Waals surface area contributed by atoms with Crippen molar-refractivity contribution in [2.45, 2.75) is 25.8 Å². The Hall–Kier alpha value is -3.07. The van der Waals surface area contributed by atoms with E-state index in [1.165, 1.54) is 27.7 Å². The Labute approximate surface area is 241 Å². The Balaban J connectivity index is 0.000000810. The fourth-order valence-corrected chi connectivity index (χ4v) is 9.07. The van der Waals surface area contributed by atoms with E-state index in [9.17, 15) is 4.79 Å². The molecule has 0 saturated carbocycles. The molecule has 0 unspecified atom stereocenters. The lowest BCUT2D eigenvalue weighted by atomic mass is 9.96. The highest BCUT2D eigenvalue weighted by molar-refractivity contribution is 8.04. The molecule has 0 radical (unpaired) electrons. The van der Waals surface area contributed by atoms with E-state index in [-0.39, 0.29) is 5.91 Å². The van der Waals surface area contributed by atoms with Crippen LogP contribution in [0.5, 0.6) is 0 Å². The number of benzene rings is 3. The summed E-state index contributed by atoms with van der Waals surface area (Å²) in [4.78, 5) is 18.0. The molecular weight excluding hydrogens is 567 g/mol. The molecule has 0 aliphatic heterocycles. The molecular formula is C30H30ClN2O5PS. The lowest BCUT2D eigenvalue weighted by Gasteiger charge is -2.30. The SMILES string of the molecule is CC(C)(C)C(=O)N/C(=C\Sc1ccccn1)[P+](c1ccccc1)(c1ccccc1)c1ccccc1.[O-][Cl+3]([O-])([O-])[O-]. The lowest BCUT2D eigenvalue weighted by molar-refractivity contribution is -2.00. The average molecular weight is 597 g/mol. The van der Waals surface area contributed by atoms with Gasteiger partial charge in [0.1, 0.15) is 20.9 Å². The summed E-state index contributed by atoms with van der Waals surface area (Å²) in [5.74, 6) is -0.0162. The highest BCUT2D eigenvalue weighted by Crippen LogP contribution is 2.62. The van der Waals surface area contributed by atoms with Crippen molar-refractivity contribution in [2.24, 2.45) is 5.41 Å². The van der Waals surface area contributed by atoms with Crippen LogP contribution in [0.3, 0.4) is 0 Å². The Morgan fingerprint density at radius 1 is 0.750 bits per heavy atom. The van der Waals surface area contributed by atoms with Crippen LogP contribution in [0.2, 0.25) is 0 Å². The predicted octanol–water partition coefficient (Wildman–Crippen LogP) is 1.37. The van der Waals surface area contributed by atoms with Gasteiger partial charge in [-0.15, -0.1) is 10.2 Å². The number of thioether (sulfide) groups is 1. The van der Waals surface area contributed by atoms with Crippen LogP contribution in [0.25, 0.3) is 0 Å². The highest BCUT2D eigenvalue weighted by Gasteiger charge is 2.51. The molecule has 4 aromatic rings. The molecule has 0 bridgehead atoms. The number of carbonyl (C=O) groups is 1. The monoisotopic (exact) mass is 596 g/mol. The van der Waals surface area contributed by atoms with E-state index in [1.807, 2.05) is 57.2 Å². The summed E-state index contributed by atoms with van der Waals surface area (Å²) >= 11 is 1.53. The van der Waals surface area contributed by atoms with Gasteiger partial charge in [-0.05, 0) is 48.5 Å². The molecule has 1 aromatic heterocycles. The number of carbonyl (C=O) groups excluding carboxylic acids is 1. The zero-order valence-electron chi connectivity index (χ0n) is 22.3. The number of amides is 1. The van der Waals surface area contributed by atoms with Gasteiger partial charge in [-0.25, -0.2) is 23.6 Å². The molecule has 1 heterocycles. The summed E-state index contributed by atoms with van der Waals surface area (Å²) in [5, 5.41) is 9.89. The average Bonchev–Trinajstić information content (AvgIpc) is 2.93. The molecule has 0 atom stereocenters. The molecule has 0 aliphatic rings. The third-order valence-corrected chi connectivity index (χ3v) is 10.8. The largest absolute Gasteiger partial charge is 0.295 e. The second-order valence-corrected chi connectivity index (χ2v) is 14.6. The van der Waals surface area contributed by atoms with E-state index in [4.69, 9.17) is 18.6 Å². The maximum Gasteiger partial charge on any atom is 0.232 e. The number of halogens is 1. The first kappa shape index (κ1) is 31.5. The van der Waals surface area contributed by atoms with Crippen molar-refractivity contribution < 1.29 is 33.7 Å². The Bertz CT molecular complexity index is 1280. The molecule has 3 aromatic carbocycles. The second kappa shape index (κ2) is 14.0. The van der Waals surface area contributed by atoms with Crippen molar-refractivity contribution in [2.75, 3.05) is 0 Å². The Morgan fingerprint density at radius 3 is 1.50 bits per heavy atom. The van der Waals surface area contributed by atoms with Gasteiger partial charge in [-0.3, -0.25) is 10.1 Å². The van der Waals surface area contributed by atoms with Crippen molar-refractivity contribution in [1.29, 1.82) is 0 Å². The van der Waals surface area contributed by atoms with Gasteiger partial charge in [0, 0.05) is 17.0 Å². The van der Waals surface area contributed by atoms with Gasteiger partial charge < -0.3 is 0 Å². The standard InChI is InChI=1S/C30H29N2OPS.ClHO4/c1-30(2,3)29(33)32-27(23-35-28-21-13-14-22-31-28)34(24-15-7-4-8-16-24,25-17-9-5-10-18-25)26-19-11-6-12-20-26;2-1(3,4)5/h4-23H,1-3H3;(H,2,3,4,5)/b27-23+;. The minimum Gasteiger partial charge on any atom is -0.295 e. The van der Waals surface area contributed by atoms with Crippen LogP contribution in [0.1, 0.15) is 20.8 Å². The van der Waals surface area contributed by atoms with Gasteiger partial charge in [0.2, 0.25) is 5.91 Å². The fraction of sp³-hybridized carbons (Fsp3) is 0.133. The van der Waals surface area contributed by atoms with Crippen LogP contribution in [-0.2, 0) is 4.79 Å². The molecule has 4 rings (SSSR count). The maximum absolute atomic E-state index is 13.5. The maximum atomic E-state index is 13.5. The Kier molecular flexibility index (Phi) is 11.0. The zero-order chi connectivity index (χ0) is 29.2. The van der Waals surface area contributed by atoms with Gasteiger partial charge in [0.25, 0.3) is 0 Å². The van der Waals surface area contributed by atoms with Crippen molar-refractivity contribution in [3.8, 4) is 0 Å². The quantitative estimate of drug-likeness (QED) is 0.252. The molecule has 0 spiro atoms. The molecule has 1 amide bonds. The van der Waals surface area contributed by atoms with Gasteiger partial charge in [0.05, 0.1) is 0 Å². The van der Waals surface area contributed by atoms with Crippen LogP contribution >= 0.6 is 19.0 Å². The summed E-state index contributed by atoms with van der Waals surface area (Å²) in [5.41, 5.74) is 0.353. The van der Waals surface area contributed by atoms with Crippen molar-refractivity contribution in [3.63, 3.8) is 0 Å². The summed E-state index contributed by atoms with van der Waals surface area (Å²) in [7, 11) is -7.39. The number of nitrogens with one attached hydrogen (secondary N) is 1. The summed E-state index contributed by atoms with van der Waals surface area (Å²) in [6.45, 7) is 5.83. The number of nitrogens with zero attached hydrogens (tertiary/aromatic N) is 1. The lowest BCUT2D eigenvalue weighted by Crippen LogP contribution is -2.68. The molecule has 208 valence electrons. The predicted molar refractivity (Wildman–Crippen MR) is 151 cm³/mol. The molecule has 0 aliphatic carbocycles. The van der Waals surface area contributed by atoms with Crippen LogP contribution in [0.4, 0.5) is 0 Å². The number of hydrogen-bond acceptors (Lipinski definition) is 7. The van der Waals surface area contributed by atoms with Gasteiger partial charge >= 0.3 is 0 Å². The van der Waals surface area contributed by atoms with Crippen LogP contribution in [0, 0.1) is 15.7 Å². The number of pyridine rings is 1. The Morgan fingerprint density at radius 2 is 1.15 bits per heavy atom.